The van der Waals surface area contributed by atoms with Crippen LogP contribution in [0.25, 0.3) is 0 Å². The molecular weight excluding hydrogens is 596 g/mol. The van der Waals surface area contributed by atoms with Crippen molar-refractivity contribution in [1.82, 2.24) is 15.1 Å². The monoisotopic (exact) mass is 624 g/mol. The van der Waals surface area contributed by atoms with Gasteiger partial charge in [-0.05, 0) is 35.9 Å². The van der Waals surface area contributed by atoms with Crippen molar-refractivity contribution in [2.75, 3.05) is 57.0 Å². The molecule has 2 aromatic rings. The van der Waals surface area contributed by atoms with Crippen molar-refractivity contribution >= 4 is 50.7 Å². The van der Waals surface area contributed by atoms with Gasteiger partial charge >= 0.3 is 12.3 Å². The van der Waals surface area contributed by atoms with Gasteiger partial charge in [0.25, 0.3) is 5.91 Å². The second kappa shape index (κ2) is 12.9. The Bertz CT molecular complexity index is 1370. The Morgan fingerprint density at radius 2 is 1.70 bits per heavy atom. The summed E-state index contributed by atoms with van der Waals surface area (Å²) in [6.07, 6.45) is -5.94. The highest BCUT2D eigenvalue weighted by atomic mass is 35.5. The van der Waals surface area contributed by atoms with Crippen LogP contribution in [0.2, 0.25) is 10.0 Å². The van der Waals surface area contributed by atoms with Gasteiger partial charge in [-0.3, -0.25) is 14.6 Å². The van der Waals surface area contributed by atoms with Crippen LogP contribution in [-0.4, -0.2) is 87.4 Å². The average Bonchev–Trinajstić information content (AvgIpc) is 2.88. The number of benzene rings is 2. The fourth-order valence-electron chi connectivity index (χ4n) is 4.36. The number of carbonyl (C=O) groups excluding carboxylic acids is 1. The number of halogens is 5. The highest BCUT2D eigenvalue weighted by molar-refractivity contribution is 7.91. The summed E-state index contributed by atoms with van der Waals surface area (Å²) in [5.41, 5.74) is -1.66. The lowest BCUT2D eigenvalue weighted by Gasteiger charge is -2.35. The predicted molar refractivity (Wildman–Crippen MR) is 146 cm³/mol. The molecule has 2 aromatic carbocycles. The van der Waals surface area contributed by atoms with E-state index in [9.17, 15) is 31.2 Å². The van der Waals surface area contributed by atoms with Gasteiger partial charge < -0.3 is 15.3 Å². The van der Waals surface area contributed by atoms with Crippen LogP contribution in [0.1, 0.15) is 28.4 Å². The molecule has 0 radical (unpaired) electrons. The molecule has 0 unspecified atom stereocenters. The number of nitrogens with one attached hydrogen (secondary N) is 1. The van der Waals surface area contributed by atoms with Crippen LogP contribution in [0.15, 0.2) is 35.2 Å². The minimum Gasteiger partial charge on any atom is -0.465 e. The van der Waals surface area contributed by atoms with Gasteiger partial charge in [-0.25, -0.2) is 13.2 Å². The van der Waals surface area contributed by atoms with Gasteiger partial charge in [-0.2, -0.15) is 13.2 Å². The van der Waals surface area contributed by atoms with Crippen LogP contribution in [-0.2, 0) is 22.6 Å². The second-order valence-electron chi connectivity index (χ2n) is 9.21. The second-order valence-corrected chi connectivity index (χ2v) is 12.3. The minimum absolute atomic E-state index is 0.0652. The summed E-state index contributed by atoms with van der Waals surface area (Å²) >= 11 is 12.4. The molecule has 0 spiro atoms. The Hall–Kier alpha value is -2.58. The molecule has 1 aliphatic rings. The maximum atomic E-state index is 14.2. The van der Waals surface area contributed by atoms with Crippen molar-refractivity contribution in [1.29, 1.82) is 0 Å². The lowest BCUT2D eigenvalue weighted by atomic mass is 10.0. The zero-order valence-corrected chi connectivity index (χ0v) is 24.1. The normalized spacial score (nSPS) is 15.2. The molecule has 2 N–H and O–H groups in total. The lowest BCUT2D eigenvalue weighted by molar-refractivity contribution is -0.138. The van der Waals surface area contributed by atoms with Crippen molar-refractivity contribution in [2.24, 2.45) is 0 Å². The minimum atomic E-state index is -4.81. The molecule has 1 aliphatic heterocycles. The van der Waals surface area contributed by atoms with Gasteiger partial charge in [-0.15, -0.1) is 0 Å². The van der Waals surface area contributed by atoms with Crippen molar-refractivity contribution in [3.8, 4) is 0 Å². The Kier molecular flexibility index (Phi) is 10.3. The molecule has 1 heterocycles. The third-order valence-corrected chi connectivity index (χ3v) is 8.95. The molecule has 0 atom stereocenters. The van der Waals surface area contributed by atoms with E-state index in [1.807, 2.05) is 4.90 Å². The number of alkyl halides is 3. The summed E-state index contributed by atoms with van der Waals surface area (Å²) in [4.78, 5) is 28.5. The average molecular weight is 625 g/mol. The van der Waals surface area contributed by atoms with E-state index in [1.54, 1.807) is 4.90 Å². The molecule has 9 nitrogen and oxygen atoms in total. The standard InChI is InChI=1S/C25H29Cl2F3N4O5S/c1-3-40(38,39)22-5-4-17(26)14-21(22)32(2)23(35)16-12-19(25(28,29)30)18(20(27)13-16)15-34-10-8-33(9-11-34)7-6-31-24(36)37/h4-5,12-14,31H,3,6-11,15H2,1-2H3,(H,36,37). The van der Waals surface area contributed by atoms with E-state index in [0.717, 1.165) is 17.0 Å². The number of hydrogen-bond donors (Lipinski definition) is 2. The molecule has 1 saturated heterocycles. The SMILES string of the molecule is CCS(=O)(=O)c1ccc(Cl)cc1N(C)C(=O)c1cc(Cl)c(CN2CCN(CCNC(=O)O)CC2)c(C(F)(F)F)c1. The number of sulfone groups is 1. The number of rotatable bonds is 9. The fraction of sp³-hybridized carbons (Fsp3) is 0.440. The van der Waals surface area contributed by atoms with E-state index in [1.165, 1.54) is 32.2 Å². The summed E-state index contributed by atoms with van der Waals surface area (Å²) in [5.74, 6) is -1.15. The molecule has 0 bridgehead atoms. The van der Waals surface area contributed by atoms with Gasteiger partial charge in [-0.1, -0.05) is 30.1 Å². The van der Waals surface area contributed by atoms with E-state index in [4.69, 9.17) is 28.3 Å². The molecule has 0 aromatic heterocycles. The first-order valence-corrected chi connectivity index (χ1v) is 14.7. The van der Waals surface area contributed by atoms with E-state index < -0.39 is 33.6 Å². The Morgan fingerprint density at radius 3 is 2.27 bits per heavy atom. The van der Waals surface area contributed by atoms with Crippen LogP contribution in [0.4, 0.5) is 23.7 Å². The summed E-state index contributed by atoms with van der Waals surface area (Å²) in [7, 11) is -2.53. The first-order chi connectivity index (χ1) is 18.6. The van der Waals surface area contributed by atoms with Gasteiger partial charge in [0.15, 0.2) is 9.84 Å². The largest absolute Gasteiger partial charge is 0.465 e. The fourth-order valence-corrected chi connectivity index (χ4v) is 5.91. The number of nitrogens with zero attached hydrogens (tertiary/aromatic N) is 3. The highest BCUT2D eigenvalue weighted by Gasteiger charge is 2.37. The molecule has 15 heteroatoms. The molecule has 1 fully saturated rings. The van der Waals surface area contributed by atoms with Gasteiger partial charge in [0.2, 0.25) is 0 Å². The van der Waals surface area contributed by atoms with E-state index in [0.29, 0.717) is 32.7 Å². The van der Waals surface area contributed by atoms with Crippen LogP contribution in [0.5, 0.6) is 0 Å². The number of piperazine rings is 1. The van der Waals surface area contributed by atoms with Crippen LogP contribution >= 0.6 is 23.2 Å². The smallest absolute Gasteiger partial charge is 0.416 e. The molecule has 0 saturated carbocycles. The Balaban J connectivity index is 1.86. The molecule has 2 amide bonds. The highest BCUT2D eigenvalue weighted by Crippen LogP contribution is 2.38. The summed E-state index contributed by atoms with van der Waals surface area (Å²) in [6, 6.07) is 5.75. The molecular formula is C25H29Cl2F3N4O5S. The van der Waals surface area contributed by atoms with Crippen LogP contribution in [0, 0.1) is 0 Å². The van der Waals surface area contributed by atoms with Crippen LogP contribution < -0.4 is 10.2 Å². The quantitative estimate of drug-likeness (QED) is 0.424. The number of amides is 2. The maximum absolute atomic E-state index is 14.2. The Labute approximate surface area is 240 Å². The maximum Gasteiger partial charge on any atom is 0.416 e. The summed E-state index contributed by atoms with van der Waals surface area (Å²) in [6.45, 7) is 3.99. The number of carboxylic acid groups (broad SMARTS) is 1. The van der Waals surface area contributed by atoms with E-state index >= 15 is 0 Å². The summed E-state index contributed by atoms with van der Waals surface area (Å²) in [5, 5.41) is 10.9. The third kappa shape index (κ3) is 7.78. The van der Waals surface area contributed by atoms with Crippen LogP contribution in [0.3, 0.4) is 0 Å². The van der Waals surface area contributed by atoms with Gasteiger partial charge in [0.1, 0.15) is 0 Å². The van der Waals surface area contributed by atoms with Gasteiger partial charge in [0, 0.05) is 68.5 Å². The first kappa shape index (κ1) is 31.9. The number of carbonyl (C=O) groups is 2. The first-order valence-electron chi connectivity index (χ1n) is 12.3. The van der Waals surface area contributed by atoms with E-state index in [-0.39, 0.29) is 50.6 Å². The lowest BCUT2D eigenvalue weighted by Crippen LogP contribution is -2.48. The van der Waals surface area contributed by atoms with Crippen molar-refractivity contribution in [3.05, 3.63) is 57.1 Å². The van der Waals surface area contributed by atoms with Crippen molar-refractivity contribution in [3.63, 3.8) is 0 Å². The molecule has 220 valence electrons. The van der Waals surface area contributed by atoms with Crippen molar-refractivity contribution in [2.45, 2.75) is 24.5 Å². The number of anilines is 1. The Morgan fingerprint density at radius 1 is 1.07 bits per heavy atom. The third-order valence-electron chi connectivity index (χ3n) is 6.60. The van der Waals surface area contributed by atoms with E-state index in [2.05, 4.69) is 5.32 Å². The summed E-state index contributed by atoms with van der Waals surface area (Å²) < 4.78 is 67.7. The zero-order valence-electron chi connectivity index (χ0n) is 21.8. The number of hydrogen-bond acceptors (Lipinski definition) is 6. The van der Waals surface area contributed by atoms with Gasteiger partial charge in [0.05, 0.1) is 21.9 Å². The molecule has 0 aliphatic carbocycles. The van der Waals surface area contributed by atoms with Crippen molar-refractivity contribution < 1.29 is 36.3 Å². The zero-order chi connectivity index (χ0) is 29.8. The molecule has 40 heavy (non-hydrogen) atoms. The molecule has 3 rings (SSSR count). The predicted octanol–water partition coefficient (Wildman–Crippen LogP) is 4.47. The topological polar surface area (TPSA) is 110 Å².